The lowest BCUT2D eigenvalue weighted by molar-refractivity contribution is -0.136. The zero-order chi connectivity index (χ0) is 33.4. The Hall–Kier alpha value is -5.32. The van der Waals surface area contributed by atoms with Gasteiger partial charge in [-0.05, 0) is 99.2 Å². The molecule has 3 amide bonds. The van der Waals surface area contributed by atoms with Crippen LogP contribution in [-0.4, -0.2) is 65.3 Å². The van der Waals surface area contributed by atoms with E-state index >= 15 is 0 Å². The third kappa shape index (κ3) is 5.74. The molecule has 48 heavy (non-hydrogen) atoms. The molecule has 1 aliphatic carbocycles. The molecule has 0 unspecified atom stereocenters. The van der Waals surface area contributed by atoms with Crippen LogP contribution >= 0.6 is 0 Å². The lowest BCUT2D eigenvalue weighted by Crippen LogP contribution is -2.45. The number of allylic oxidation sites excluding steroid dienone is 1. The van der Waals surface area contributed by atoms with Crippen molar-refractivity contribution in [2.24, 2.45) is 21.4 Å². The maximum absolute atomic E-state index is 14.2. The number of carbonyl (C=O) groups is 3. The monoisotopic (exact) mass is 646 g/mol. The minimum absolute atomic E-state index is 0.0192. The standard InChI is InChI=1S/C37H38N6O5/c1-4-47-28-17-11-24(12-18-28)21-26-7-6-8-30-32(26)39-43(34(30)25-13-19-29(20-14-25)48-5-2)31(44)22-41-35-33(38-40-41)36(45)42(37(35)46)27-15-9-23(3)10-16-27/h9-21,30,33-35H,4-8,22H2,1-3H3/b26-21-/t30-,33+,34-,35-/m1/s1. The van der Waals surface area contributed by atoms with Crippen LogP contribution in [0.4, 0.5) is 5.69 Å². The number of hydrazone groups is 1. The summed E-state index contributed by atoms with van der Waals surface area (Å²) in [6.07, 6.45) is 4.81. The maximum Gasteiger partial charge on any atom is 0.264 e. The van der Waals surface area contributed by atoms with Crippen molar-refractivity contribution in [3.8, 4) is 11.5 Å². The van der Waals surface area contributed by atoms with Gasteiger partial charge >= 0.3 is 0 Å². The number of anilines is 1. The second kappa shape index (κ2) is 13.1. The SMILES string of the molecule is CCOc1ccc(/C=C2/CCC[C@@H]3C2=NN(C(=O)CN2N=N[C@@H]4C(=O)N(c5ccc(C)cc5)C(=O)[C@@H]42)[C@@H]3c2ccc(OCC)cc2)cc1. The molecule has 0 aromatic heterocycles. The van der Waals surface area contributed by atoms with Gasteiger partial charge in [-0.15, -0.1) is 0 Å². The van der Waals surface area contributed by atoms with E-state index in [9.17, 15) is 14.4 Å². The summed E-state index contributed by atoms with van der Waals surface area (Å²) in [7, 11) is 0. The van der Waals surface area contributed by atoms with Gasteiger partial charge in [-0.1, -0.05) is 47.2 Å². The molecule has 0 spiro atoms. The minimum atomic E-state index is -0.996. The van der Waals surface area contributed by atoms with Crippen LogP contribution in [-0.2, 0) is 14.4 Å². The fourth-order valence-electron chi connectivity index (χ4n) is 7.01. The summed E-state index contributed by atoms with van der Waals surface area (Å²) in [6, 6.07) is 20.6. The number of nitrogens with zero attached hydrogens (tertiary/aromatic N) is 6. The number of aryl methyl sites for hydroxylation is 1. The molecule has 1 saturated heterocycles. The number of carbonyl (C=O) groups excluding carboxylic acids is 3. The van der Waals surface area contributed by atoms with Crippen molar-refractivity contribution in [1.29, 1.82) is 0 Å². The van der Waals surface area contributed by atoms with Crippen molar-refractivity contribution in [3.63, 3.8) is 0 Å². The fourth-order valence-corrected chi connectivity index (χ4v) is 7.01. The molecule has 246 valence electrons. The number of hydrogen-bond donors (Lipinski definition) is 0. The Morgan fingerprint density at radius 3 is 2.21 bits per heavy atom. The van der Waals surface area contributed by atoms with Gasteiger partial charge < -0.3 is 9.47 Å². The van der Waals surface area contributed by atoms with Gasteiger partial charge in [0.2, 0.25) is 0 Å². The molecule has 7 rings (SSSR count). The Labute approximate surface area is 279 Å². The lowest BCUT2D eigenvalue weighted by atomic mass is 9.77. The van der Waals surface area contributed by atoms with E-state index in [1.165, 1.54) is 5.01 Å². The number of ether oxygens (including phenoxy) is 2. The normalized spacial score (nSPS) is 23.9. The number of fused-ring (bicyclic) bond motifs is 2. The quantitative estimate of drug-likeness (QED) is 0.267. The van der Waals surface area contributed by atoms with Crippen molar-refractivity contribution in [3.05, 3.63) is 95.1 Å². The molecule has 3 heterocycles. The van der Waals surface area contributed by atoms with Gasteiger partial charge in [-0.3, -0.25) is 19.4 Å². The largest absolute Gasteiger partial charge is 0.494 e. The zero-order valence-electron chi connectivity index (χ0n) is 27.3. The second-order valence-electron chi connectivity index (χ2n) is 12.4. The Morgan fingerprint density at radius 1 is 0.875 bits per heavy atom. The molecule has 0 N–H and O–H groups in total. The van der Waals surface area contributed by atoms with Gasteiger partial charge in [0, 0.05) is 5.92 Å². The molecule has 11 nitrogen and oxygen atoms in total. The third-order valence-corrected chi connectivity index (χ3v) is 9.27. The van der Waals surface area contributed by atoms with Crippen molar-refractivity contribution in [2.75, 3.05) is 24.7 Å². The molecular formula is C37H38N6O5. The molecular weight excluding hydrogens is 608 g/mol. The van der Waals surface area contributed by atoms with E-state index < -0.39 is 23.9 Å². The van der Waals surface area contributed by atoms with E-state index in [4.69, 9.17) is 14.6 Å². The van der Waals surface area contributed by atoms with E-state index in [1.807, 2.05) is 81.4 Å². The summed E-state index contributed by atoms with van der Waals surface area (Å²) in [5, 5.41) is 16.2. The molecule has 11 heteroatoms. The molecule has 1 saturated carbocycles. The topological polar surface area (TPSA) is 116 Å². The van der Waals surface area contributed by atoms with Gasteiger partial charge in [0.15, 0.2) is 12.1 Å². The summed E-state index contributed by atoms with van der Waals surface area (Å²) in [5.41, 5.74) is 5.44. The summed E-state index contributed by atoms with van der Waals surface area (Å²) < 4.78 is 11.3. The van der Waals surface area contributed by atoms with Crippen molar-refractivity contribution in [2.45, 2.75) is 58.2 Å². The first-order valence-corrected chi connectivity index (χ1v) is 16.5. The average Bonchev–Trinajstić information content (AvgIpc) is 3.76. The summed E-state index contributed by atoms with van der Waals surface area (Å²) >= 11 is 0. The summed E-state index contributed by atoms with van der Waals surface area (Å²) in [4.78, 5) is 42.3. The van der Waals surface area contributed by atoms with E-state index in [1.54, 1.807) is 17.1 Å². The predicted octanol–water partition coefficient (Wildman–Crippen LogP) is 5.91. The lowest BCUT2D eigenvalue weighted by Gasteiger charge is -2.30. The Bertz CT molecular complexity index is 1800. The van der Waals surface area contributed by atoms with Crippen LogP contribution in [0.2, 0.25) is 0 Å². The van der Waals surface area contributed by atoms with Crippen LogP contribution < -0.4 is 14.4 Å². The molecule has 2 fully saturated rings. The molecule has 0 bridgehead atoms. The highest BCUT2D eigenvalue weighted by molar-refractivity contribution is 6.25. The highest BCUT2D eigenvalue weighted by Crippen LogP contribution is 2.45. The van der Waals surface area contributed by atoms with Crippen LogP contribution in [0.5, 0.6) is 11.5 Å². The van der Waals surface area contributed by atoms with Gasteiger partial charge in [0.1, 0.15) is 18.0 Å². The van der Waals surface area contributed by atoms with Gasteiger partial charge in [-0.25, -0.2) is 9.91 Å². The molecule has 3 aromatic rings. The van der Waals surface area contributed by atoms with Gasteiger partial charge in [-0.2, -0.15) is 10.2 Å². The number of hydrogen-bond acceptors (Lipinski definition) is 9. The molecule has 3 aliphatic heterocycles. The minimum Gasteiger partial charge on any atom is -0.494 e. The molecule has 4 atom stereocenters. The summed E-state index contributed by atoms with van der Waals surface area (Å²) in [6.45, 7) is 6.74. The van der Waals surface area contributed by atoms with Crippen LogP contribution in [0, 0.1) is 12.8 Å². The Balaban J connectivity index is 1.18. The fraction of sp³-hybridized carbons (Fsp3) is 0.351. The van der Waals surface area contributed by atoms with Crippen molar-refractivity contribution < 1.29 is 23.9 Å². The van der Waals surface area contributed by atoms with E-state index in [0.717, 1.165) is 63.6 Å². The number of imide groups is 1. The van der Waals surface area contributed by atoms with Crippen molar-refractivity contribution >= 4 is 35.2 Å². The Kier molecular flexibility index (Phi) is 8.51. The molecule has 3 aromatic carbocycles. The highest BCUT2D eigenvalue weighted by atomic mass is 16.5. The predicted molar refractivity (Wildman–Crippen MR) is 180 cm³/mol. The first-order chi connectivity index (χ1) is 23.4. The second-order valence-corrected chi connectivity index (χ2v) is 12.4. The van der Waals surface area contributed by atoms with E-state index in [0.29, 0.717) is 18.9 Å². The number of rotatable bonds is 9. The number of amides is 3. The summed E-state index contributed by atoms with van der Waals surface area (Å²) in [5.74, 6) is 0.327. The zero-order valence-corrected chi connectivity index (χ0v) is 27.3. The third-order valence-electron chi connectivity index (χ3n) is 9.27. The van der Waals surface area contributed by atoms with Crippen LogP contribution in [0.15, 0.2) is 93.8 Å². The highest BCUT2D eigenvalue weighted by Gasteiger charge is 2.55. The van der Waals surface area contributed by atoms with Gasteiger partial charge in [0.05, 0.1) is 30.7 Å². The van der Waals surface area contributed by atoms with Crippen LogP contribution in [0.3, 0.4) is 0 Å². The van der Waals surface area contributed by atoms with Crippen LogP contribution in [0.25, 0.3) is 6.08 Å². The molecule has 4 aliphatic rings. The number of benzene rings is 3. The van der Waals surface area contributed by atoms with Crippen LogP contribution in [0.1, 0.15) is 55.8 Å². The first-order valence-electron chi connectivity index (χ1n) is 16.5. The van der Waals surface area contributed by atoms with Crippen molar-refractivity contribution in [1.82, 2.24) is 10.0 Å². The maximum atomic E-state index is 14.2. The van der Waals surface area contributed by atoms with Gasteiger partial charge in [0.25, 0.3) is 17.7 Å². The van der Waals surface area contributed by atoms with E-state index in [2.05, 4.69) is 16.4 Å². The smallest absolute Gasteiger partial charge is 0.264 e. The Morgan fingerprint density at radius 2 is 1.54 bits per heavy atom. The first kappa shape index (κ1) is 31.3. The molecule has 0 radical (unpaired) electrons. The van der Waals surface area contributed by atoms with E-state index in [-0.39, 0.29) is 24.4 Å². The average molecular weight is 647 g/mol.